The van der Waals surface area contributed by atoms with E-state index in [1.165, 1.54) is 0 Å². The van der Waals surface area contributed by atoms with E-state index in [1.807, 2.05) is 6.92 Å². The topological polar surface area (TPSA) is 78.8 Å². The highest BCUT2D eigenvalue weighted by Crippen LogP contribution is 2.14. The van der Waals surface area contributed by atoms with Crippen molar-refractivity contribution in [2.75, 3.05) is 34.0 Å². The van der Waals surface area contributed by atoms with Gasteiger partial charge in [0.05, 0.1) is 19.8 Å². The number of carboxylic acids is 1. The lowest BCUT2D eigenvalue weighted by molar-refractivity contribution is -0.302. The summed E-state index contributed by atoms with van der Waals surface area (Å²) in [5, 5.41) is 17.8. The van der Waals surface area contributed by atoms with Crippen molar-refractivity contribution >= 4 is 5.97 Å². The van der Waals surface area contributed by atoms with Gasteiger partial charge >= 0.3 is 0 Å². The van der Waals surface area contributed by atoms with E-state index in [0.717, 1.165) is 6.92 Å². The van der Waals surface area contributed by atoms with E-state index >= 15 is 0 Å². The molecule has 1 N–H and O–H groups in total. The molecule has 0 saturated carbocycles. The summed E-state index contributed by atoms with van der Waals surface area (Å²) in [6.45, 7) is 4.03. The van der Waals surface area contributed by atoms with Crippen molar-refractivity contribution in [3.8, 4) is 0 Å². The summed E-state index contributed by atoms with van der Waals surface area (Å²) in [4.78, 5) is 8.89. The Hall–Kier alpha value is -0.650. The third-order valence-corrected chi connectivity index (χ3v) is 1.37. The maximum atomic E-state index is 8.89. The SMILES string of the molecule is CC(=O)[O-].COCC(C)(CO)COC. The molecule has 5 heteroatoms. The van der Waals surface area contributed by atoms with Gasteiger partial charge in [0, 0.05) is 25.6 Å². The van der Waals surface area contributed by atoms with E-state index in [0.29, 0.717) is 13.2 Å². The van der Waals surface area contributed by atoms with Crippen LogP contribution in [-0.2, 0) is 14.3 Å². The highest BCUT2D eigenvalue weighted by Gasteiger charge is 2.22. The minimum Gasteiger partial charge on any atom is -0.550 e. The number of rotatable bonds is 5. The fourth-order valence-electron chi connectivity index (χ4n) is 0.830. The van der Waals surface area contributed by atoms with Crippen LogP contribution in [0.5, 0.6) is 0 Å². The van der Waals surface area contributed by atoms with Crippen molar-refractivity contribution in [1.29, 1.82) is 0 Å². The monoisotopic (exact) mass is 207 g/mol. The second kappa shape index (κ2) is 8.93. The van der Waals surface area contributed by atoms with Crippen LogP contribution in [0.1, 0.15) is 13.8 Å². The van der Waals surface area contributed by atoms with Crippen molar-refractivity contribution < 1.29 is 24.5 Å². The van der Waals surface area contributed by atoms with E-state index < -0.39 is 5.97 Å². The fourth-order valence-corrected chi connectivity index (χ4v) is 0.830. The number of aliphatic hydroxyl groups is 1. The van der Waals surface area contributed by atoms with Crippen LogP contribution in [0, 0.1) is 5.41 Å². The molecule has 0 heterocycles. The lowest BCUT2D eigenvalue weighted by Gasteiger charge is -2.24. The first kappa shape index (κ1) is 15.8. The largest absolute Gasteiger partial charge is 0.550 e. The van der Waals surface area contributed by atoms with Gasteiger partial charge in [0.15, 0.2) is 0 Å². The van der Waals surface area contributed by atoms with Gasteiger partial charge < -0.3 is 24.5 Å². The van der Waals surface area contributed by atoms with Crippen molar-refractivity contribution in [2.24, 2.45) is 5.41 Å². The first-order valence-electron chi connectivity index (χ1n) is 4.18. The second-order valence-electron chi connectivity index (χ2n) is 3.33. The molecule has 0 rings (SSSR count). The van der Waals surface area contributed by atoms with E-state index in [-0.39, 0.29) is 12.0 Å². The van der Waals surface area contributed by atoms with Crippen molar-refractivity contribution in [3.05, 3.63) is 0 Å². The Bertz CT molecular complexity index is 136. The van der Waals surface area contributed by atoms with Crippen molar-refractivity contribution in [3.63, 3.8) is 0 Å². The Morgan fingerprint density at radius 1 is 1.36 bits per heavy atom. The lowest BCUT2D eigenvalue weighted by Crippen LogP contribution is -2.31. The molecule has 0 atom stereocenters. The summed E-state index contributed by atoms with van der Waals surface area (Å²) in [6.07, 6.45) is 0. The Morgan fingerprint density at radius 3 is 1.79 bits per heavy atom. The molecule has 0 aromatic carbocycles. The molecule has 0 fully saturated rings. The van der Waals surface area contributed by atoms with E-state index in [2.05, 4.69) is 0 Å². The van der Waals surface area contributed by atoms with Crippen LogP contribution in [0.3, 0.4) is 0 Å². The quantitative estimate of drug-likeness (QED) is 0.627. The molecular weight excluding hydrogens is 188 g/mol. The minimum atomic E-state index is -1.08. The van der Waals surface area contributed by atoms with Gasteiger partial charge in [-0.1, -0.05) is 6.92 Å². The predicted molar refractivity (Wildman–Crippen MR) is 49.6 cm³/mol. The van der Waals surface area contributed by atoms with Crippen LogP contribution in [0.25, 0.3) is 0 Å². The molecule has 0 unspecified atom stereocenters. The Kier molecular flexibility index (Phi) is 10.1. The molecule has 86 valence electrons. The zero-order chi connectivity index (χ0) is 11.6. The smallest absolute Gasteiger partial charge is 0.0560 e. The van der Waals surface area contributed by atoms with Gasteiger partial charge in [-0.05, 0) is 6.92 Å². The number of carbonyl (C=O) groups excluding carboxylic acids is 1. The molecule has 5 nitrogen and oxygen atoms in total. The predicted octanol–water partition coefficient (Wildman–Crippen LogP) is -0.966. The number of carbonyl (C=O) groups is 1. The maximum absolute atomic E-state index is 8.89. The normalized spacial score (nSPS) is 10.4. The molecule has 0 radical (unpaired) electrons. The molecule has 0 aliphatic carbocycles. The molecule has 0 aliphatic rings. The van der Waals surface area contributed by atoms with Crippen LogP contribution in [0.15, 0.2) is 0 Å². The second-order valence-corrected chi connectivity index (χ2v) is 3.33. The van der Waals surface area contributed by atoms with Crippen molar-refractivity contribution in [1.82, 2.24) is 0 Å². The zero-order valence-corrected chi connectivity index (χ0v) is 9.20. The molecule has 0 aromatic heterocycles. The molecule has 0 saturated heterocycles. The van der Waals surface area contributed by atoms with Crippen LogP contribution in [-0.4, -0.2) is 45.1 Å². The number of hydrogen-bond donors (Lipinski definition) is 1. The molecule has 0 amide bonds. The first-order valence-corrected chi connectivity index (χ1v) is 4.18. The number of carboxylic acid groups (broad SMARTS) is 1. The minimum absolute atomic E-state index is 0.0919. The Labute approximate surface area is 84.6 Å². The van der Waals surface area contributed by atoms with Crippen LogP contribution in [0.4, 0.5) is 0 Å². The number of ether oxygens (including phenoxy) is 2. The maximum Gasteiger partial charge on any atom is 0.0560 e. The standard InChI is InChI=1S/C7H16O3.C2H4O2/c1-7(4-8,5-9-2)6-10-3;1-2(3)4/h8H,4-6H2,1-3H3;1H3,(H,3,4)/p-1. The van der Waals surface area contributed by atoms with Gasteiger partial charge in [-0.2, -0.15) is 0 Å². The van der Waals surface area contributed by atoms with E-state index in [4.69, 9.17) is 24.5 Å². The highest BCUT2D eigenvalue weighted by molar-refractivity contribution is 5.60. The molecule has 0 bridgehead atoms. The molecule has 0 aromatic rings. The highest BCUT2D eigenvalue weighted by atomic mass is 16.5. The summed E-state index contributed by atoms with van der Waals surface area (Å²) in [5.74, 6) is -1.08. The average Bonchev–Trinajstić information content (AvgIpc) is 2.04. The van der Waals surface area contributed by atoms with Gasteiger partial charge in [0.1, 0.15) is 0 Å². The summed E-state index contributed by atoms with van der Waals surface area (Å²) >= 11 is 0. The molecule has 0 aliphatic heterocycles. The van der Waals surface area contributed by atoms with Gasteiger partial charge in [0.25, 0.3) is 0 Å². The summed E-state index contributed by atoms with van der Waals surface area (Å²) in [5.41, 5.74) is -0.247. The van der Waals surface area contributed by atoms with Gasteiger partial charge in [-0.25, -0.2) is 0 Å². The number of aliphatic carboxylic acids is 1. The summed E-state index contributed by atoms with van der Waals surface area (Å²) in [6, 6.07) is 0. The first-order chi connectivity index (χ1) is 6.41. The zero-order valence-electron chi connectivity index (χ0n) is 9.20. The van der Waals surface area contributed by atoms with Gasteiger partial charge in [-0.15, -0.1) is 0 Å². The Balaban J connectivity index is 0. The molecule has 0 spiro atoms. The van der Waals surface area contributed by atoms with Crippen LogP contribution < -0.4 is 5.11 Å². The van der Waals surface area contributed by atoms with E-state index in [9.17, 15) is 0 Å². The Morgan fingerprint density at radius 2 is 1.64 bits per heavy atom. The van der Waals surface area contributed by atoms with Gasteiger partial charge in [0.2, 0.25) is 0 Å². The lowest BCUT2D eigenvalue weighted by atomic mass is 9.94. The summed E-state index contributed by atoms with van der Waals surface area (Å²) < 4.78 is 9.82. The average molecular weight is 207 g/mol. The molecule has 14 heavy (non-hydrogen) atoms. The molecular formula is C9H19O5-. The van der Waals surface area contributed by atoms with E-state index in [1.54, 1.807) is 14.2 Å². The number of aliphatic hydroxyl groups excluding tert-OH is 1. The van der Waals surface area contributed by atoms with Crippen LogP contribution >= 0.6 is 0 Å². The van der Waals surface area contributed by atoms with Crippen LogP contribution in [0.2, 0.25) is 0 Å². The van der Waals surface area contributed by atoms with Crippen molar-refractivity contribution in [2.45, 2.75) is 13.8 Å². The van der Waals surface area contributed by atoms with Gasteiger partial charge in [-0.3, -0.25) is 0 Å². The number of hydrogen-bond acceptors (Lipinski definition) is 5. The third-order valence-electron chi connectivity index (χ3n) is 1.37. The fraction of sp³-hybridized carbons (Fsp3) is 0.889. The number of methoxy groups -OCH3 is 2. The summed E-state index contributed by atoms with van der Waals surface area (Å²) in [7, 11) is 3.23. The third kappa shape index (κ3) is 11.4.